The number of hydrogen-bond acceptors (Lipinski definition) is 12. The Bertz CT molecular complexity index is 1260. The minimum atomic E-state index is -0.914. The topological polar surface area (TPSA) is 138 Å². The number of carbonyl (C=O) groups is 4. The summed E-state index contributed by atoms with van der Waals surface area (Å²) in [5.74, 6) is -1.20. The molecule has 0 aromatic heterocycles. The van der Waals surface area contributed by atoms with E-state index >= 15 is 0 Å². The van der Waals surface area contributed by atoms with Crippen LogP contribution in [0.15, 0.2) is 24.3 Å². The number of nitrogens with zero attached hydrogens (tertiary/aromatic N) is 4. The quantitative estimate of drug-likeness (QED) is 0.139. The van der Waals surface area contributed by atoms with Gasteiger partial charge in [-0.3, -0.25) is 38.8 Å². The van der Waals surface area contributed by atoms with Crippen molar-refractivity contribution in [2.45, 2.75) is 124 Å². The number of carboxylic acid groups (broad SMARTS) is 1. The van der Waals surface area contributed by atoms with Gasteiger partial charge >= 0.3 is 23.9 Å². The van der Waals surface area contributed by atoms with E-state index in [0.29, 0.717) is 71.8 Å². The van der Waals surface area contributed by atoms with E-state index < -0.39 is 28.8 Å². The lowest BCUT2D eigenvalue weighted by Crippen LogP contribution is -2.52. The van der Waals surface area contributed by atoms with Crippen LogP contribution in [0.1, 0.15) is 100 Å². The number of rotatable bonds is 16. The maximum atomic E-state index is 13.0. The Morgan fingerprint density at radius 3 is 1.37 bits per heavy atom. The van der Waals surface area contributed by atoms with E-state index in [1.165, 1.54) is 0 Å². The Kier molecular flexibility index (Phi) is 19.4. The second-order valence-corrected chi connectivity index (χ2v) is 17.2. The maximum absolute atomic E-state index is 13.0. The van der Waals surface area contributed by atoms with Crippen LogP contribution in [0.25, 0.3) is 0 Å². The van der Waals surface area contributed by atoms with E-state index in [2.05, 4.69) is 6.92 Å². The fourth-order valence-corrected chi connectivity index (χ4v) is 6.06. The van der Waals surface area contributed by atoms with E-state index in [1.807, 2.05) is 106 Å². The smallest absolute Gasteiger partial charge is 0.320 e. The summed E-state index contributed by atoms with van der Waals surface area (Å²) >= 11 is 0. The van der Waals surface area contributed by atoms with Gasteiger partial charge in [0, 0.05) is 52.4 Å². The zero-order valence-electron chi connectivity index (χ0n) is 34.9. The van der Waals surface area contributed by atoms with Gasteiger partial charge in [-0.05, 0) is 106 Å². The monoisotopic (exact) mass is 763 g/mol. The molecule has 0 amide bonds. The lowest BCUT2D eigenvalue weighted by Gasteiger charge is -2.36. The number of ether oxygens (including phenoxy) is 4. The summed E-state index contributed by atoms with van der Waals surface area (Å²) < 4.78 is 22.7. The van der Waals surface area contributed by atoms with Crippen molar-refractivity contribution in [1.29, 1.82) is 0 Å². The molecule has 0 spiro atoms. The molecule has 308 valence electrons. The van der Waals surface area contributed by atoms with Gasteiger partial charge in [0.25, 0.3) is 0 Å². The Morgan fingerprint density at radius 2 is 1.02 bits per heavy atom. The number of carboxylic acids is 1. The zero-order chi connectivity index (χ0) is 40.5. The average Bonchev–Trinajstić information content (AvgIpc) is 3.01. The minimum absolute atomic E-state index is 0.0199. The standard InChI is InChI=1S/C41H70N4O9/c1-11-12-28-51-33-18-16-32(17-19-33)14-13-15-34(38(49)50)45-26-24-43(30-36(47)53-40(5,6)7)22-20-42(29-35(46)52-39(2,3)4)21-23-44(25-27-45)31-37(48)54-41(8,9)10/h16-19,34H,11-15,20-31H2,1-10H3,(H,49,50). The molecule has 1 aromatic rings. The number of aryl methyl sites for hydroxylation is 1. The fraction of sp³-hybridized carbons (Fsp3) is 0.756. The number of aliphatic carboxylic acids is 1. The van der Waals surface area contributed by atoms with Gasteiger partial charge in [0.1, 0.15) is 28.6 Å². The van der Waals surface area contributed by atoms with Crippen LogP contribution >= 0.6 is 0 Å². The van der Waals surface area contributed by atoms with Gasteiger partial charge in [-0.2, -0.15) is 0 Å². The van der Waals surface area contributed by atoms with Crippen molar-refractivity contribution in [1.82, 2.24) is 19.6 Å². The third-order valence-corrected chi connectivity index (χ3v) is 8.55. The Labute approximate surface area is 324 Å². The first kappa shape index (κ1) is 46.9. The molecule has 1 aliphatic heterocycles. The molecule has 1 saturated heterocycles. The Hall–Kier alpha value is -3.26. The molecular weight excluding hydrogens is 692 g/mol. The summed E-state index contributed by atoms with van der Waals surface area (Å²) in [7, 11) is 0. The van der Waals surface area contributed by atoms with E-state index in [0.717, 1.165) is 30.6 Å². The normalized spacial score (nSPS) is 17.1. The zero-order valence-corrected chi connectivity index (χ0v) is 34.9. The van der Waals surface area contributed by atoms with Gasteiger partial charge in [-0.25, -0.2) is 0 Å². The molecule has 1 atom stereocenters. The van der Waals surface area contributed by atoms with Crippen LogP contribution < -0.4 is 4.74 Å². The van der Waals surface area contributed by atoms with Crippen molar-refractivity contribution in [3.63, 3.8) is 0 Å². The Morgan fingerprint density at radius 1 is 0.630 bits per heavy atom. The summed E-state index contributed by atoms with van der Waals surface area (Å²) in [6.07, 6.45) is 3.87. The highest BCUT2D eigenvalue weighted by Crippen LogP contribution is 2.18. The lowest BCUT2D eigenvalue weighted by atomic mass is 10.0. The summed E-state index contributed by atoms with van der Waals surface area (Å²) in [6.45, 7) is 22.6. The molecule has 0 bridgehead atoms. The molecule has 1 unspecified atom stereocenters. The summed E-state index contributed by atoms with van der Waals surface area (Å²) in [6, 6.07) is 7.21. The SMILES string of the molecule is CCCCOc1ccc(CCCC(C(=O)O)N2CCN(CC(=O)OC(C)(C)C)CCN(CC(=O)OC(C)(C)C)CCN(CC(=O)OC(C)(C)C)CC2)cc1. The highest BCUT2D eigenvalue weighted by molar-refractivity contribution is 5.74. The predicted molar refractivity (Wildman–Crippen MR) is 210 cm³/mol. The maximum Gasteiger partial charge on any atom is 0.320 e. The van der Waals surface area contributed by atoms with Crippen molar-refractivity contribution in [3.8, 4) is 5.75 Å². The first-order valence-corrected chi connectivity index (χ1v) is 19.6. The highest BCUT2D eigenvalue weighted by Gasteiger charge is 2.29. The van der Waals surface area contributed by atoms with Crippen LogP contribution in [0.4, 0.5) is 0 Å². The number of carbonyl (C=O) groups excluding carboxylic acids is 3. The highest BCUT2D eigenvalue weighted by atomic mass is 16.6. The van der Waals surface area contributed by atoms with Crippen LogP contribution in [0.2, 0.25) is 0 Å². The number of esters is 3. The van der Waals surface area contributed by atoms with Gasteiger partial charge in [-0.15, -0.1) is 0 Å². The molecule has 1 aromatic carbocycles. The van der Waals surface area contributed by atoms with Crippen LogP contribution in [-0.4, -0.2) is 150 Å². The van der Waals surface area contributed by atoms with Crippen LogP contribution in [0.5, 0.6) is 5.75 Å². The third kappa shape index (κ3) is 21.0. The molecular formula is C41H70N4O9. The van der Waals surface area contributed by atoms with Crippen molar-refractivity contribution in [2.75, 3.05) is 78.6 Å². The molecule has 1 N–H and O–H groups in total. The van der Waals surface area contributed by atoms with Gasteiger partial charge in [0.15, 0.2) is 0 Å². The molecule has 1 aliphatic rings. The first-order chi connectivity index (χ1) is 25.1. The van der Waals surface area contributed by atoms with E-state index in [9.17, 15) is 24.3 Å². The second kappa shape index (κ2) is 22.3. The minimum Gasteiger partial charge on any atom is -0.494 e. The number of benzene rings is 1. The van der Waals surface area contributed by atoms with Crippen molar-refractivity contribution in [2.24, 2.45) is 0 Å². The van der Waals surface area contributed by atoms with Crippen molar-refractivity contribution < 1.29 is 43.2 Å². The summed E-state index contributed by atoms with van der Waals surface area (Å²) in [4.78, 5) is 59.7. The molecule has 2 rings (SSSR count). The largest absolute Gasteiger partial charge is 0.494 e. The molecule has 13 nitrogen and oxygen atoms in total. The Balaban J connectivity index is 2.32. The third-order valence-electron chi connectivity index (χ3n) is 8.55. The van der Waals surface area contributed by atoms with E-state index in [1.54, 1.807) is 0 Å². The molecule has 0 aliphatic carbocycles. The molecule has 0 saturated carbocycles. The molecule has 54 heavy (non-hydrogen) atoms. The molecule has 13 heteroatoms. The molecule has 0 radical (unpaired) electrons. The van der Waals surface area contributed by atoms with Crippen molar-refractivity contribution >= 4 is 23.9 Å². The summed E-state index contributed by atoms with van der Waals surface area (Å²) in [5, 5.41) is 10.5. The lowest BCUT2D eigenvalue weighted by molar-refractivity contribution is -0.158. The van der Waals surface area contributed by atoms with E-state index in [-0.39, 0.29) is 37.5 Å². The first-order valence-electron chi connectivity index (χ1n) is 19.6. The predicted octanol–water partition coefficient (Wildman–Crippen LogP) is 4.89. The molecule has 1 fully saturated rings. The van der Waals surface area contributed by atoms with E-state index in [4.69, 9.17) is 18.9 Å². The summed E-state index contributed by atoms with van der Waals surface area (Å²) in [5.41, 5.74) is -0.856. The number of hydrogen-bond donors (Lipinski definition) is 1. The van der Waals surface area contributed by atoms with Crippen LogP contribution in [0, 0.1) is 0 Å². The van der Waals surface area contributed by atoms with Crippen molar-refractivity contribution in [3.05, 3.63) is 29.8 Å². The fourth-order valence-electron chi connectivity index (χ4n) is 6.06. The second-order valence-electron chi connectivity index (χ2n) is 17.2. The van der Waals surface area contributed by atoms with Crippen LogP contribution in [-0.2, 0) is 39.8 Å². The van der Waals surface area contributed by atoms with Crippen LogP contribution in [0.3, 0.4) is 0 Å². The van der Waals surface area contributed by atoms with Gasteiger partial charge < -0.3 is 24.1 Å². The average molecular weight is 763 g/mol. The van der Waals surface area contributed by atoms with Gasteiger partial charge in [0.05, 0.1) is 26.2 Å². The van der Waals surface area contributed by atoms with Gasteiger partial charge in [-0.1, -0.05) is 25.5 Å². The number of unbranched alkanes of at least 4 members (excludes halogenated alkanes) is 1. The van der Waals surface area contributed by atoms with Gasteiger partial charge in [0.2, 0.25) is 0 Å². The molecule has 1 heterocycles.